The molecule has 1 aromatic rings. The van der Waals surface area contributed by atoms with E-state index in [9.17, 15) is 4.79 Å². The Hall–Kier alpha value is -0.930. The van der Waals surface area contributed by atoms with Crippen LogP contribution in [0.3, 0.4) is 0 Å². The zero-order chi connectivity index (χ0) is 12.3. The lowest BCUT2D eigenvalue weighted by Crippen LogP contribution is -2.39. The molecular weight excluding hydrogens is 249 g/mol. The summed E-state index contributed by atoms with van der Waals surface area (Å²) < 4.78 is 0. The minimum Gasteiger partial charge on any atom is -0.480 e. The van der Waals surface area contributed by atoms with Gasteiger partial charge in [0.15, 0.2) is 0 Å². The van der Waals surface area contributed by atoms with Crippen molar-refractivity contribution in [2.24, 2.45) is 0 Å². The monoisotopic (exact) mass is 261 g/mol. The summed E-state index contributed by atoms with van der Waals surface area (Å²) in [7, 11) is 0. The van der Waals surface area contributed by atoms with E-state index in [1.807, 2.05) is 6.92 Å². The van der Waals surface area contributed by atoms with Crippen LogP contribution >= 0.6 is 23.2 Å². The number of halogens is 2. The van der Waals surface area contributed by atoms with Crippen LogP contribution in [0.15, 0.2) is 18.2 Å². The van der Waals surface area contributed by atoms with E-state index in [2.05, 4.69) is 0 Å². The Morgan fingerprint density at radius 3 is 2.62 bits per heavy atom. The summed E-state index contributed by atoms with van der Waals surface area (Å²) in [6, 6.07) is 4.55. The highest BCUT2D eigenvalue weighted by molar-refractivity contribution is 6.43. The number of benzene rings is 1. The van der Waals surface area contributed by atoms with Crippen LogP contribution in [0.5, 0.6) is 0 Å². The van der Waals surface area contributed by atoms with Crippen molar-refractivity contribution in [2.45, 2.75) is 19.9 Å². The fraction of sp³-hybridized carbons (Fsp3) is 0.364. The van der Waals surface area contributed by atoms with Crippen molar-refractivity contribution < 1.29 is 9.90 Å². The number of likely N-dealkylation sites (N-methyl/N-ethyl adjacent to an activating group) is 1. The Bertz CT molecular complexity index is 396. The summed E-state index contributed by atoms with van der Waals surface area (Å²) >= 11 is 11.9. The minimum absolute atomic E-state index is 0.388. The predicted molar refractivity (Wildman–Crippen MR) is 66.6 cm³/mol. The van der Waals surface area contributed by atoms with Crippen LogP contribution in [0.2, 0.25) is 10.0 Å². The maximum absolute atomic E-state index is 11.0. The van der Waals surface area contributed by atoms with Crippen LogP contribution in [0.4, 0.5) is 5.69 Å². The van der Waals surface area contributed by atoms with E-state index in [-0.39, 0.29) is 0 Å². The van der Waals surface area contributed by atoms with Crippen molar-refractivity contribution in [1.29, 1.82) is 0 Å². The molecule has 1 atom stereocenters. The summed E-state index contributed by atoms with van der Waals surface area (Å²) in [6.45, 7) is 4.03. The second kappa shape index (κ2) is 5.41. The first kappa shape index (κ1) is 13.1. The molecule has 0 heterocycles. The molecule has 1 N–H and O–H groups in total. The average molecular weight is 262 g/mol. The van der Waals surface area contributed by atoms with Crippen LogP contribution in [0.25, 0.3) is 0 Å². The molecule has 0 bridgehead atoms. The van der Waals surface area contributed by atoms with Crippen LogP contribution in [0, 0.1) is 0 Å². The standard InChI is InChI=1S/C11H13Cl2NO2/c1-3-14(7(2)11(15)16)9-6-4-5-8(12)10(9)13/h4-7H,3H2,1-2H3,(H,15,16)/t7-/m1/s1. The Morgan fingerprint density at radius 1 is 1.50 bits per heavy atom. The second-order valence-corrected chi connectivity index (χ2v) is 4.16. The van der Waals surface area contributed by atoms with Crippen molar-refractivity contribution in [1.82, 2.24) is 0 Å². The number of carboxylic acids is 1. The SMILES string of the molecule is CCN(c1cccc(Cl)c1Cl)[C@H](C)C(=O)O. The lowest BCUT2D eigenvalue weighted by Gasteiger charge is -2.28. The van der Waals surface area contributed by atoms with Gasteiger partial charge >= 0.3 is 5.97 Å². The first-order valence-electron chi connectivity index (χ1n) is 4.92. The second-order valence-electron chi connectivity index (χ2n) is 3.37. The topological polar surface area (TPSA) is 40.5 Å². The summed E-state index contributed by atoms with van der Waals surface area (Å²) in [6.07, 6.45) is 0. The maximum atomic E-state index is 11.0. The highest BCUT2D eigenvalue weighted by Crippen LogP contribution is 2.33. The number of hydrogen-bond acceptors (Lipinski definition) is 2. The highest BCUT2D eigenvalue weighted by Gasteiger charge is 2.21. The fourth-order valence-electron chi connectivity index (χ4n) is 1.50. The van der Waals surface area contributed by atoms with Crippen LogP contribution < -0.4 is 4.90 Å². The lowest BCUT2D eigenvalue weighted by molar-refractivity contribution is -0.138. The number of aliphatic carboxylic acids is 1. The van der Waals surface area contributed by atoms with Crippen molar-refractivity contribution in [3.8, 4) is 0 Å². The van der Waals surface area contributed by atoms with Crippen LogP contribution in [0.1, 0.15) is 13.8 Å². The third kappa shape index (κ3) is 2.60. The Kier molecular flexibility index (Phi) is 4.44. The molecule has 0 radical (unpaired) electrons. The molecule has 0 aliphatic rings. The van der Waals surface area contributed by atoms with Gasteiger partial charge in [-0.15, -0.1) is 0 Å². The van der Waals surface area contributed by atoms with Gasteiger partial charge in [-0.1, -0.05) is 29.3 Å². The number of rotatable bonds is 4. The van der Waals surface area contributed by atoms with E-state index in [1.165, 1.54) is 0 Å². The molecule has 0 fully saturated rings. The third-order valence-corrected chi connectivity index (χ3v) is 3.22. The normalized spacial score (nSPS) is 12.2. The van der Waals surface area contributed by atoms with Gasteiger partial charge in [-0.3, -0.25) is 0 Å². The van der Waals surface area contributed by atoms with Gasteiger partial charge in [-0.25, -0.2) is 4.79 Å². The first-order valence-corrected chi connectivity index (χ1v) is 5.68. The molecule has 1 aromatic carbocycles. The summed E-state index contributed by atoms with van der Waals surface area (Å²) in [5.41, 5.74) is 0.645. The Balaban J connectivity index is 3.13. The van der Waals surface area contributed by atoms with Gasteiger partial charge in [0.2, 0.25) is 0 Å². The molecule has 0 aliphatic carbocycles. The van der Waals surface area contributed by atoms with Crippen molar-refractivity contribution in [3.63, 3.8) is 0 Å². The van der Waals surface area contributed by atoms with Gasteiger partial charge in [-0.05, 0) is 26.0 Å². The van der Waals surface area contributed by atoms with Crippen molar-refractivity contribution in [2.75, 3.05) is 11.4 Å². The lowest BCUT2D eigenvalue weighted by atomic mass is 10.2. The number of anilines is 1. The largest absolute Gasteiger partial charge is 0.480 e. The molecule has 0 spiro atoms. The molecule has 0 aromatic heterocycles. The van der Waals surface area contributed by atoms with E-state index < -0.39 is 12.0 Å². The molecule has 88 valence electrons. The van der Waals surface area contributed by atoms with Gasteiger partial charge in [0, 0.05) is 6.54 Å². The summed E-state index contributed by atoms with van der Waals surface area (Å²) in [4.78, 5) is 12.6. The van der Waals surface area contributed by atoms with E-state index >= 15 is 0 Å². The predicted octanol–water partition coefficient (Wildman–Crippen LogP) is 3.29. The average Bonchev–Trinajstić information content (AvgIpc) is 2.24. The van der Waals surface area contributed by atoms with Crippen LogP contribution in [-0.4, -0.2) is 23.7 Å². The van der Waals surface area contributed by atoms with E-state index in [4.69, 9.17) is 28.3 Å². The quantitative estimate of drug-likeness (QED) is 0.905. The number of nitrogens with zero attached hydrogens (tertiary/aromatic N) is 1. The molecule has 0 unspecified atom stereocenters. The smallest absolute Gasteiger partial charge is 0.326 e. The van der Waals surface area contributed by atoms with Crippen molar-refractivity contribution >= 4 is 34.9 Å². The minimum atomic E-state index is -0.891. The summed E-state index contributed by atoms with van der Waals surface area (Å²) in [5.74, 6) is -0.891. The molecule has 0 aliphatic heterocycles. The van der Waals surface area contributed by atoms with Gasteiger partial charge in [-0.2, -0.15) is 0 Å². The van der Waals surface area contributed by atoms with Gasteiger partial charge in [0.05, 0.1) is 15.7 Å². The zero-order valence-corrected chi connectivity index (χ0v) is 10.6. The van der Waals surface area contributed by atoms with Gasteiger partial charge in [0.1, 0.15) is 6.04 Å². The van der Waals surface area contributed by atoms with Gasteiger partial charge < -0.3 is 10.0 Å². The van der Waals surface area contributed by atoms with Crippen LogP contribution in [-0.2, 0) is 4.79 Å². The molecular formula is C11H13Cl2NO2. The Labute approximate surface area is 105 Å². The van der Waals surface area contributed by atoms with Gasteiger partial charge in [0.25, 0.3) is 0 Å². The molecule has 5 heteroatoms. The molecule has 0 amide bonds. The molecule has 0 saturated heterocycles. The van der Waals surface area contributed by atoms with E-state index in [0.29, 0.717) is 22.3 Å². The zero-order valence-electron chi connectivity index (χ0n) is 9.08. The van der Waals surface area contributed by atoms with Crippen molar-refractivity contribution in [3.05, 3.63) is 28.2 Å². The number of carboxylic acid groups (broad SMARTS) is 1. The first-order chi connectivity index (χ1) is 7.49. The molecule has 1 rings (SSSR count). The fourth-order valence-corrected chi connectivity index (χ4v) is 1.90. The Morgan fingerprint density at radius 2 is 2.12 bits per heavy atom. The highest BCUT2D eigenvalue weighted by atomic mass is 35.5. The number of hydrogen-bond donors (Lipinski definition) is 1. The molecule has 16 heavy (non-hydrogen) atoms. The third-order valence-electron chi connectivity index (χ3n) is 2.41. The maximum Gasteiger partial charge on any atom is 0.326 e. The van der Waals surface area contributed by atoms with E-state index in [0.717, 1.165) is 0 Å². The summed E-state index contributed by atoms with van der Waals surface area (Å²) in [5, 5.41) is 9.80. The molecule has 0 saturated carbocycles. The molecule has 3 nitrogen and oxygen atoms in total. The van der Waals surface area contributed by atoms with E-state index in [1.54, 1.807) is 30.0 Å². The number of carbonyl (C=O) groups is 1.